The number of aryl methyl sites for hydroxylation is 1. The van der Waals surface area contributed by atoms with Gasteiger partial charge in [0.2, 0.25) is 0 Å². The molecule has 76 valence electrons. The third kappa shape index (κ3) is 2.22. The first-order valence-electron chi connectivity index (χ1n) is 4.42. The van der Waals surface area contributed by atoms with Gasteiger partial charge in [0.15, 0.2) is 5.13 Å². The van der Waals surface area contributed by atoms with Gasteiger partial charge in [0.25, 0.3) is 0 Å². The predicted molar refractivity (Wildman–Crippen MR) is 56.3 cm³/mol. The number of aromatic nitrogens is 1. The van der Waals surface area contributed by atoms with E-state index >= 15 is 0 Å². The molecule has 0 spiro atoms. The fourth-order valence-corrected chi connectivity index (χ4v) is 2.08. The largest absolute Gasteiger partial charge is 0.390 e. The van der Waals surface area contributed by atoms with Crippen molar-refractivity contribution >= 4 is 16.5 Å². The van der Waals surface area contributed by atoms with E-state index in [2.05, 4.69) is 11.1 Å². The molecule has 0 aromatic carbocycles. The molecular weight excluding hydrogens is 198 g/mol. The number of nitriles is 1. The molecule has 0 bridgehead atoms. The fraction of sp³-hybridized carbons (Fsp3) is 0.556. The molecule has 0 saturated heterocycles. The number of hydrogen-bond acceptors (Lipinski definition) is 5. The van der Waals surface area contributed by atoms with Crippen LogP contribution < -0.4 is 4.90 Å². The zero-order valence-electron chi connectivity index (χ0n) is 8.32. The standard InChI is InChI=1S/C9H13N3OS/c1-3-12(5-4-10)9-11-8(6-13)7(2)14-9/h13H,3,5-6H2,1-2H3. The van der Waals surface area contributed by atoms with Gasteiger partial charge >= 0.3 is 0 Å². The van der Waals surface area contributed by atoms with E-state index in [9.17, 15) is 0 Å². The maximum Gasteiger partial charge on any atom is 0.186 e. The smallest absolute Gasteiger partial charge is 0.186 e. The third-order valence-corrected chi connectivity index (χ3v) is 3.02. The molecule has 0 aliphatic rings. The lowest BCUT2D eigenvalue weighted by Crippen LogP contribution is -2.22. The molecule has 0 fully saturated rings. The van der Waals surface area contributed by atoms with Crippen LogP contribution in [-0.2, 0) is 6.61 Å². The van der Waals surface area contributed by atoms with Crippen LogP contribution in [0, 0.1) is 18.3 Å². The lowest BCUT2D eigenvalue weighted by molar-refractivity contribution is 0.277. The molecule has 0 aliphatic carbocycles. The summed E-state index contributed by atoms with van der Waals surface area (Å²) in [6, 6.07) is 2.09. The Bertz CT molecular complexity index is 342. The average molecular weight is 211 g/mol. The number of nitrogens with zero attached hydrogens (tertiary/aromatic N) is 3. The maximum atomic E-state index is 8.98. The molecule has 5 heteroatoms. The SMILES string of the molecule is CCN(CC#N)c1nc(CO)c(C)s1. The number of hydrogen-bond donors (Lipinski definition) is 1. The molecule has 14 heavy (non-hydrogen) atoms. The van der Waals surface area contributed by atoms with E-state index in [1.54, 1.807) is 0 Å². The maximum absolute atomic E-state index is 8.98. The van der Waals surface area contributed by atoms with Crippen LogP contribution >= 0.6 is 11.3 Å². The monoisotopic (exact) mass is 211 g/mol. The summed E-state index contributed by atoms with van der Waals surface area (Å²) in [5, 5.41) is 18.4. The van der Waals surface area contributed by atoms with Crippen LogP contribution in [0.3, 0.4) is 0 Å². The second-order valence-corrected chi connectivity index (χ2v) is 4.01. The molecule has 1 N–H and O–H groups in total. The first-order chi connectivity index (χ1) is 6.72. The predicted octanol–water partition coefficient (Wildman–Crippen LogP) is 1.29. The number of aliphatic hydroxyl groups excluding tert-OH is 1. The highest BCUT2D eigenvalue weighted by atomic mass is 32.1. The van der Waals surface area contributed by atoms with Crippen LogP contribution in [0.2, 0.25) is 0 Å². The minimum Gasteiger partial charge on any atom is -0.390 e. The van der Waals surface area contributed by atoms with Gasteiger partial charge in [0.1, 0.15) is 6.54 Å². The summed E-state index contributed by atoms with van der Waals surface area (Å²) in [6.07, 6.45) is 0. The van der Waals surface area contributed by atoms with Gasteiger partial charge in [0, 0.05) is 11.4 Å². The van der Waals surface area contributed by atoms with Crippen LogP contribution in [0.5, 0.6) is 0 Å². The van der Waals surface area contributed by atoms with E-state index in [0.29, 0.717) is 12.2 Å². The molecule has 0 radical (unpaired) electrons. The van der Waals surface area contributed by atoms with Crippen molar-refractivity contribution in [3.8, 4) is 6.07 Å². The Morgan fingerprint density at radius 1 is 1.64 bits per heavy atom. The molecule has 4 nitrogen and oxygen atoms in total. The van der Waals surface area contributed by atoms with Gasteiger partial charge in [-0.2, -0.15) is 5.26 Å². The average Bonchev–Trinajstić information content (AvgIpc) is 2.56. The summed E-state index contributed by atoms with van der Waals surface area (Å²) in [5.74, 6) is 0. The molecule has 1 aromatic heterocycles. The van der Waals surface area contributed by atoms with E-state index in [1.807, 2.05) is 18.7 Å². The first-order valence-corrected chi connectivity index (χ1v) is 5.23. The highest BCUT2D eigenvalue weighted by molar-refractivity contribution is 7.15. The van der Waals surface area contributed by atoms with E-state index in [0.717, 1.165) is 16.6 Å². The zero-order chi connectivity index (χ0) is 10.6. The van der Waals surface area contributed by atoms with Gasteiger partial charge in [0.05, 0.1) is 18.4 Å². The van der Waals surface area contributed by atoms with Crippen LogP contribution in [-0.4, -0.2) is 23.2 Å². The van der Waals surface area contributed by atoms with Gasteiger partial charge in [-0.05, 0) is 13.8 Å². The van der Waals surface area contributed by atoms with Crippen molar-refractivity contribution in [3.05, 3.63) is 10.6 Å². The van der Waals surface area contributed by atoms with Crippen molar-refractivity contribution in [3.63, 3.8) is 0 Å². The van der Waals surface area contributed by atoms with Gasteiger partial charge in [-0.15, -0.1) is 11.3 Å². The number of thiazole rings is 1. The molecule has 0 atom stereocenters. The summed E-state index contributed by atoms with van der Waals surface area (Å²) < 4.78 is 0. The van der Waals surface area contributed by atoms with Crippen LogP contribution in [0.25, 0.3) is 0 Å². The quantitative estimate of drug-likeness (QED) is 0.762. The Balaban J connectivity index is 2.89. The Hall–Kier alpha value is -1.12. The highest BCUT2D eigenvalue weighted by Gasteiger charge is 2.11. The van der Waals surface area contributed by atoms with Gasteiger partial charge < -0.3 is 10.0 Å². The summed E-state index contributed by atoms with van der Waals surface area (Å²) in [7, 11) is 0. The second-order valence-electron chi connectivity index (χ2n) is 2.83. The van der Waals surface area contributed by atoms with Gasteiger partial charge in [-0.25, -0.2) is 4.98 Å². The van der Waals surface area contributed by atoms with Crippen molar-refractivity contribution in [1.82, 2.24) is 4.98 Å². The fourth-order valence-electron chi connectivity index (χ4n) is 1.09. The third-order valence-electron chi connectivity index (χ3n) is 1.94. The molecule has 1 aromatic rings. The lowest BCUT2D eigenvalue weighted by Gasteiger charge is -2.14. The van der Waals surface area contributed by atoms with Crippen LogP contribution in [0.15, 0.2) is 0 Å². The number of anilines is 1. The minimum atomic E-state index is -0.0353. The molecule has 0 saturated carbocycles. The van der Waals surface area contributed by atoms with E-state index in [4.69, 9.17) is 10.4 Å². The van der Waals surface area contributed by atoms with E-state index < -0.39 is 0 Å². The lowest BCUT2D eigenvalue weighted by atomic mass is 10.4. The van der Waals surface area contributed by atoms with Gasteiger partial charge in [-0.3, -0.25) is 0 Å². The Kier molecular flexibility index (Phi) is 3.86. The molecule has 0 amide bonds. The Morgan fingerprint density at radius 3 is 2.79 bits per heavy atom. The zero-order valence-corrected chi connectivity index (χ0v) is 9.13. The number of rotatable bonds is 4. The molecule has 0 aliphatic heterocycles. The van der Waals surface area contributed by atoms with E-state index in [1.165, 1.54) is 11.3 Å². The minimum absolute atomic E-state index is 0.0353. The molecule has 1 heterocycles. The summed E-state index contributed by atoms with van der Waals surface area (Å²) in [6.45, 7) is 4.96. The van der Waals surface area contributed by atoms with Crippen LogP contribution in [0.1, 0.15) is 17.5 Å². The molecule has 1 rings (SSSR count). The normalized spacial score (nSPS) is 9.86. The van der Waals surface area contributed by atoms with Crippen molar-refractivity contribution in [2.45, 2.75) is 20.5 Å². The molecule has 0 unspecified atom stereocenters. The van der Waals surface area contributed by atoms with E-state index in [-0.39, 0.29) is 6.61 Å². The summed E-state index contributed by atoms with van der Waals surface area (Å²) in [4.78, 5) is 7.16. The topological polar surface area (TPSA) is 60.2 Å². The summed E-state index contributed by atoms with van der Waals surface area (Å²) in [5.41, 5.74) is 0.710. The van der Waals surface area contributed by atoms with Crippen LogP contribution in [0.4, 0.5) is 5.13 Å². The van der Waals surface area contributed by atoms with Crippen molar-refractivity contribution in [1.29, 1.82) is 5.26 Å². The Morgan fingerprint density at radius 2 is 2.36 bits per heavy atom. The van der Waals surface area contributed by atoms with Crippen molar-refractivity contribution in [2.75, 3.05) is 18.0 Å². The Labute approximate surface area is 87.4 Å². The van der Waals surface area contributed by atoms with Gasteiger partial charge in [-0.1, -0.05) is 0 Å². The second kappa shape index (κ2) is 4.94. The van der Waals surface area contributed by atoms with Crippen molar-refractivity contribution in [2.24, 2.45) is 0 Å². The summed E-state index contributed by atoms with van der Waals surface area (Å²) >= 11 is 1.52. The first kappa shape index (κ1) is 11.0. The number of aliphatic hydroxyl groups is 1. The van der Waals surface area contributed by atoms with Crippen molar-refractivity contribution < 1.29 is 5.11 Å². The highest BCUT2D eigenvalue weighted by Crippen LogP contribution is 2.25. The molecular formula is C9H13N3OS.